The molecule has 11 heteroatoms. The number of aromatic nitrogens is 1. The van der Waals surface area contributed by atoms with Gasteiger partial charge in [-0.1, -0.05) is 0 Å². The van der Waals surface area contributed by atoms with Crippen molar-refractivity contribution in [1.29, 1.82) is 0 Å². The summed E-state index contributed by atoms with van der Waals surface area (Å²) in [5, 5.41) is 13.3. The minimum absolute atomic E-state index is 0.0187. The number of anilines is 1. The third-order valence-corrected chi connectivity index (χ3v) is 3.73. The van der Waals surface area contributed by atoms with Crippen molar-refractivity contribution in [3.05, 3.63) is 68.1 Å². The Kier molecular flexibility index (Phi) is 7.39. The average molecular weight is 417 g/mol. The van der Waals surface area contributed by atoms with Crippen LogP contribution in [0.3, 0.4) is 0 Å². The van der Waals surface area contributed by atoms with Gasteiger partial charge in [-0.3, -0.25) is 24.3 Å². The number of nitrogens with zero attached hydrogens (tertiary/aromatic N) is 2. The number of hydrogen-bond donors (Lipinski definition) is 1. The van der Waals surface area contributed by atoms with Crippen LogP contribution in [0.2, 0.25) is 0 Å². The first-order valence-corrected chi connectivity index (χ1v) is 8.89. The summed E-state index contributed by atoms with van der Waals surface area (Å²) in [6.07, 6.45) is 0.945. The first-order valence-electron chi connectivity index (χ1n) is 8.89. The maximum absolute atomic E-state index is 12.4. The molecule has 1 aromatic carbocycles. The van der Waals surface area contributed by atoms with Gasteiger partial charge in [0.1, 0.15) is 6.54 Å². The molecule has 0 spiro atoms. The first-order chi connectivity index (χ1) is 14.2. The van der Waals surface area contributed by atoms with Crippen molar-refractivity contribution in [2.24, 2.45) is 0 Å². The number of pyridine rings is 1. The maximum Gasteiger partial charge on any atom is 0.338 e. The topological polar surface area (TPSA) is 147 Å². The Bertz CT molecular complexity index is 1010. The second-order valence-electron chi connectivity index (χ2n) is 5.90. The van der Waals surface area contributed by atoms with E-state index in [9.17, 15) is 29.3 Å². The molecule has 0 saturated heterocycles. The highest BCUT2D eigenvalue weighted by Gasteiger charge is 2.17. The average Bonchev–Trinajstić information content (AvgIpc) is 2.69. The minimum atomic E-state index is -0.701. The number of amides is 1. The van der Waals surface area contributed by atoms with Crippen molar-refractivity contribution in [2.45, 2.75) is 20.4 Å². The van der Waals surface area contributed by atoms with Gasteiger partial charge in [0, 0.05) is 17.8 Å². The van der Waals surface area contributed by atoms with Crippen molar-refractivity contribution in [3.8, 4) is 0 Å². The third kappa shape index (κ3) is 5.74. The number of nitrogens with one attached hydrogen (secondary N) is 1. The van der Waals surface area contributed by atoms with E-state index in [1.54, 1.807) is 13.8 Å². The molecule has 1 amide bonds. The lowest BCUT2D eigenvalue weighted by Crippen LogP contribution is -2.27. The van der Waals surface area contributed by atoms with Gasteiger partial charge >= 0.3 is 11.9 Å². The molecule has 0 radical (unpaired) electrons. The quantitative estimate of drug-likeness (QED) is 0.388. The van der Waals surface area contributed by atoms with Crippen LogP contribution in [-0.4, -0.2) is 40.5 Å². The van der Waals surface area contributed by atoms with Crippen molar-refractivity contribution in [1.82, 2.24) is 4.57 Å². The molecule has 11 nitrogen and oxygen atoms in total. The molecular formula is C19H19N3O8. The Balaban J connectivity index is 2.30. The van der Waals surface area contributed by atoms with Crippen LogP contribution in [0, 0.1) is 10.1 Å². The summed E-state index contributed by atoms with van der Waals surface area (Å²) in [6, 6.07) is 5.89. The lowest BCUT2D eigenvalue weighted by molar-refractivity contribution is -0.385. The number of ether oxygens (including phenoxy) is 2. The van der Waals surface area contributed by atoms with Gasteiger partial charge in [0.25, 0.3) is 11.2 Å². The number of nitro groups is 1. The Morgan fingerprint density at radius 2 is 1.60 bits per heavy atom. The summed E-state index contributed by atoms with van der Waals surface area (Å²) in [4.78, 5) is 58.5. The van der Waals surface area contributed by atoms with E-state index in [2.05, 4.69) is 5.32 Å². The summed E-state index contributed by atoms with van der Waals surface area (Å²) < 4.78 is 10.7. The molecule has 2 aromatic rings. The monoisotopic (exact) mass is 417 g/mol. The molecule has 0 aliphatic rings. The van der Waals surface area contributed by atoms with Gasteiger partial charge in [0.05, 0.1) is 35.5 Å². The summed E-state index contributed by atoms with van der Waals surface area (Å²) in [5.74, 6) is -2.10. The molecule has 30 heavy (non-hydrogen) atoms. The van der Waals surface area contributed by atoms with Crippen LogP contribution >= 0.6 is 0 Å². The van der Waals surface area contributed by atoms with Crippen LogP contribution in [0.15, 0.2) is 41.3 Å². The Hall–Kier alpha value is -4.02. The zero-order chi connectivity index (χ0) is 22.3. The van der Waals surface area contributed by atoms with Gasteiger partial charge in [-0.2, -0.15) is 0 Å². The second kappa shape index (κ2) is 9.96. The van der Waals surface area contributed by atoms with Crippen LogP contribution in [-0.2, 0) is 20.8 Å². The molecule has 2 rings (SSSR count). The molecule has 1 heterocycles. The van der Waals surface area contributed by atoms with Crippen molar-refractivity contribution >= 4 is 29.2 Å². The van der Waals surface area contributed by atoms with Gasteiger partial charge in [-0.05, 0) is 32.0 Å². The SMILES string of the molecule is CCOC(=O)c1cc(NC(=O)Cn2cc([N+](=O)[O-])ccc2=O)cc(C(=O)OCC)c1. The molecule has 0 aliphatic heterocycles. The molecule has 0 unspecified atom stereocenters. The normalized spacial score (nSPS) is 10.2. The highest BCUT2D eigenvalue weighted by molar-refractivity contribution is 5.99. The van der Waals surface area contributed by atoms with E-state index in [-0.39, 0.29) is 35.7 Å². The van der Waals surface area contributed by atoms with Crippen LogP contribution < -0.4 is 10.9 Å². The van der Waals surface area contributed by atoms with Gasteiger partial charge in [0.15, 0.2) is 0 Å². The van der Waals surface area contributed by atoms with E-state index in [0.29, 0.717) is 0 Å². The number of carbonyl (C=O) groups is 3. The number of rotatable bonds is 8. The Morgan fingerprint density at radius 1 is 1.03 bits per heavy atom. The summed E-state index contributed by atoms with van der Waals surface area (Å²) in [7, 11) is 0. The summed E-state index contributed by atoms with van der Waals surface area (Å²) in [6.45, 7) is 2.94. The zero-order valence-corrected chi connectivity index (χ0v) is 16.2. The first kappa shape index (κ1) is 22.3. The Labute approximate surface area is 170 Å². The van der Waals surface area contributed by atoms with Crippen LogP contribution in [0.5, 0.6) is 0 Å². The molecule has 1 aromatic heterocycles. The molecule has 0 atom stereocenters. The highest BCUT2D eigenvalue weighted by Crippen LogP contribution is 2.18. The lowest BCUT2D eigenvalue weighted by atomic mass is 10.1. The van der Waals surface area contributed by atoms with Crippen LogP contribution in [0.25, 0.3) is 0 Å². The molecular weight excluding hydrogens is 398 g/mol. The molecule has 158 valence electrons. The number of benzene rings is 1. The standard InChI is InChI=1S/C19H19N3O8/c1-3-29-18(25)12-7-13(19(26)30-4-2)9-14(8-12)20-16(23)11-21-10-15(22(27)28)5-6-17(21)24/h5-10H,3-4,11H2,1-2H3,(H,20,23). The Morgan fingerprint density at radius 3 is 2.10 bits per heavy atom. The van der Waals surface area contributed by atoms with E-state index in [4.69, 9.17) is 9.47 Å². The van der Waals surface area contributed by atoms with E-state index in [0.717, 1.165) is 22.9 Å². The van der Waals surface area contributed by atoms with Gasteiger partial charge in [-0.25, -0.2) is 9.59 Å². The van der Waals surface area contributed by atoms with Crippen LogP contribution in [0.1, 0.15) is 34.6 Å². The predicted molar refractivity (Wildman–Crippen MR) is 104 cm³/mol. The van der Waals surface area contributed by atoms with Crippen LogP contribution in [0.4, 0.5) is 11.4 Å². The third-order valence-electron chi connectivity index (χ3n) is 3.73. The smallest absolute Gasteiger partial charge is 0.338 e. The molecule has 0 saturated carbocycles. The number of hydrogen-bond acceptors (Lipinski definition) is 8. The van der Waals surface area contributed by atoms with Crippen molar-refractivity contribution in [2.75, 3.05) is 18.5 Å². The zero-order valence-electron chi connectivity index (χ0n) is 16.2. The van der Waals surface area contributed by atoms with Gasteiger partial charge in [0.2, 0.25) is 5.91 Å². The summed E-state index contributed by atoms with van der Waals surface area (Å²) in [5.41, 5.74) is -0.831. The molecule has 0 aliphatic carbocycles. The number of esters is 2. The van der Waals surface area contributed by atoms with E-state index >= 15 is 0 Å². The van der Waals surface area contributed by atoms with Gasteiger partial charge in [-0.15, -0.1) is 0 Å². The largest absolute Gasteiger partial charge is 0.462 e. The second-order valence-corrected chi connectivity index (χ2v) is 5.90. The molecule has 0 bridgehead atoms. The number of carbonyl (C=O) groups excluding carboxylic acids is 3. The van der Waals surface area contributed by atoms with E-state index in [1.807, 2.05) is 0 Å². The fraction of sp³-hybridized carbons (Fsp3) is 0.263. The minimum Gasteiger partial charge on any atom is -0.462 e. The van der Waals surface area contributed by atoms with E-state index < -0.39 is 34.9 Å². The van der Waals surface area contributed by atoms with Crippen molar-refractivity contribution < 1.29 is 28.8 Å². The van der Waals surface area contributed by atoms with Gasteiger partial charge < -0.3 is 14.8 Å². The summed E-state index contributed by atoms with van der Waals surface area (Å²) >= 11 is 0. The molecule has 1 N–H and O–H groups in total. The molecule has 0 fully saturated rings. The predicted octanol–water partition coefficient (Wildman–Crippen LogP) is 1.75. The maximum atomic E-state index is 12.4. The fourth-order valence-electron chi connectivity index (χ4n) is 2.47. The fourth-order valence-corrected chi connectivity index (χ4v) is 2.47. The highest BCUT2D eigenvalue weighted by atomic mass is 16.6. The van der Waals surface area contributed by atoms with Crippen molar-refractivity contribution in [3.63, 3.8) is 0 Å². The van der Waals surface area contributed by atoms with E-state index in [1.165, 1.54) is 18.2 Å². The lowest BCUT2D eigenvalue weighted by Gasteiger charge is -2.11.